The largest absolute Gasteiger partial charge is 0.378 e. The van der Waals surface area contributed by atoms with E-state index in [1.54, 1.807) is 0 Å². The summed E-state index contributed by atoms with van der Waals surface area (Å²) in [6, 6.07) is 2.16. The molecule has 0 saturated carbocycles. The number of morpholine rings is 1. The van der Waals surface area contributed by atoms with Crippen LogP contribution in [0.1, 0.15) is 25.5 Å². The monoisotopic (exact) mass is 284 g/mol. The van der Waals surface area contributed by atoms with E-state index in [9.17, 15) is 0 Å². The molecular formula is C12H17BrN2O. The van der Waals surface area contributed by atoms with Crippen molar-refractivity contribution in [3.05, 3.63) is 22.4 Å². The van der Waals surface area contributed by atoms with Crippen molar-refractivity contribution in [1.29, 1.82) is 0 Å². The van der Waals surface area contributed by atoms with Gasteiger partial charge >= 0.3 is 0 Å². The van der Waals surface area contributed by atoms with Crippen molar-refractivity contribution in [2.24, 2.45) is 0 Å². The maximum absolute atomic E-state index is 5.38. The van der Waals surface area contributed by atoms with Crippen molar-refractivity contribution in [1.82, 2.24) is 4.98 Å². The summed E-state index contributed by atoms with van der Waals surface area (Å²) in [5, 5.41) is 0. The average molecular weight is 285 g/mol. The first kappa shape index (κ1) is 11.9. The number of rotatable bonds is 2. The van der Waals surface area contributed by atoms with Gasteiger partial charge in [-0.05, 0) is 27.9 Å². The Bertz CT molecular complexity index is 362. The fraction of sp³-hybridized carbons (Fsp3) is 0.583. The Kier molecular flexibility index (Phi) is 3.82. The number of nitrogens with zero attached hydrogens (tertiary/aromatic N) is 2. The molecule has 1 aliphatic heterocycles. The second-order valence-corrected chi connectivity index (χ2v) is 5.23. The lowest BCUT2D eigenvalue weighted by Crippen LogP contribution is -2.37. The van der Waals surface area contributed by atoms with Crippen molar-refractivity contribution in [3.63, 3.8) is 0 Å². The zero-order valence-electron chi connectivity index (χ0n) is 9.74. The van der Waals surface area contributed by atoms with Crippen LogP contribution in [0.15, 0.2) is 16.7 Å². The van der Waals surface area contributed by atoms with E-state index < -0.39 is 0 Å². The number of pyridine rings is 1. The topological polar surface area (TPSA) is 25.4 Å². The lowest BCUT2D eigenvalue weighted by atomic mass is 10.1. The van der Waals surface area contributed by atoms with E-state index in [0.29, 0.717) is 5.92 Å². The Labute approximate surface area is 105 Å². The van der Waals surface area contributed by atoms with Crippen LogP contribution in [0.4, 0.5) is 5.69 Å². The highest BCUT2D eigenvalue weighted by Gasteiger charge is 2.17. The van der Waals surface area contributed by atoms with Crippen LogP contribution in [0.25, 0.3) is 0 Å². The van der Waals surface area contributed by atoms with Gasteiger partial charge in [0.15, 0.2) is 0 Å². The summed E-state index contributed by atoms with van der Waals surface area (Å²) in [5.41, 5.74) is 2.41. The lowest BCUT2D eigenvalue weighted by molar-refractivity contribution is 0.122. The number of aromatic nitrogens is 1. The van der Waals surface area contributed by atoms with Crippen molar-refractivity contribution in [2.45, 2.75) is 19.8 Å². The zero-order valence-corrected chi connectivity index (χ0v) is 11.3. The molecule has 0 unspecified atom stereocenters. The molecule has 1 aromatic rings. The smallest absolute Gasteiger partial charge is 0.0662 e. The minimum atomic E-state index is 0.450. The van der Waals surface area contributed by atoms with Crippen LogP contribution in [-0.2, 0) is 4.74 Å². The van der Waals surface area contributed by atoms with Gasteiger partial charge < -0.3 is 9.64 Å². The summed E-state index contributed by atoms with van der Waals surface area (Å²) in [7, 11) is 0. The first-order valence-electron chi connectivity index (χ1n) is 5.66. The molecule has 16 heavy (non-hydrogen) atoms. The Morgan fingerprint density at radius 2 is 2.06 bits per heavy atom. The van der Waals surface area contributed by atoms with E-state index in [4.69, 9.17) is 4.74 Å². The molecule has 0 aromatic carbocycles. The van der Waals surface area contributed by atoms with Gasteiger partial charge in [-0.25, -0.2) is 0 Å². The van der Waals surface area contributed by atoms with E-state index in [1.807, 2.05) is 6.20 Å². The van der Waals surface area contributed by atoms with Crippen molar-refractivity contribution < 1.29 is 4.74 Å². The van der Waals surface area contributed by atoms with Crippen LogP contribution >= 0.6 is 15.9 Å². The van der Waals surface area contributed by atoms with Crippen molar-refractivity contribution >= 4 is 21.6 Å². The van der Waals surface area contributed by atoms with Crippen LogP contribution in [0.2, 0.25) is 0 Å². The molecular weight excluding hydrogens is 268 g/mol. The van der Waals surface area contributed by atoms with Crippen molar-refractivity contribution in [2.75, 3.05) is 31.2 Å². The fourth-order valence-electron chi connectivity index (χ4n) is 1.94. The fourth-order valence-corrected chi connectivity index (χ4v) is 2.26. The highest BCUT2D eigenvalue weighted by atomic mass is 79.9. The minimum absolute atomic E-state index is 0.450. The van der Waals surface area contributed by atoms with E-state index in [2.05, 4.69) is 45.7 Å². The third-order valence-electron chi connectivity index (χ3n) is 2.76. The van der Waals surface area contributed by atoms with E-state index in [1.165, 1.54) is 11.4 Å². The van der Waals surface area contributed by atoms with E-state index in [-0.39, 0.29) is 0 Å². The molecule has 1 aliphatic rings. The summed E-state index contributed by atoms with van der Waals surface area (Å²) < 4.78 is 6.42. The van der Waals surface area contributed by atoms with Gasteiger partial charge in [-0.3, -0.25) is 4.98 Å². The van der Waals surface area contributed by atoms with Gasteiger partial charge in [-0.1, -0.05) is 13.8 Å². The molecule has 88 valence electrons. The Hall–Kier alpha value is -0.610. The molecule has 0 aliphatic carbocycles. The number of hydrogen-bond acceptors (Lipinski definition) is 3. The predicted octanol–water partition coefficient (Wildman–Crippen LogP) is 2.80. The standard InChI is InChI=1S/C12H17BrN2O/c1-9(2)12-11(7-10(13)8-14-12)15-3-5-16-6-4-15/h7-9H,3-6H2,1-2H3. The molecule has 1 fully saturated rings. The summed E-state index contributed by atoms with van der Waals surface area (Å²) in [6.07, 6.45) is 1.87. The zero-order chi connectivity index (χ0) is 11.5. The van der Waals surface area contributed by atoms with E-state index in [0.717, 1.165) is 30.8 Å². The second kappa shape index (κ2) is 5.15. The summed E-state index contributed by atoms with van der Waals surface area (Å²) in [5.74, 6) is 0.450. The summed E-state index contributed by atoms with van der Waals surface area (Å²) in [4.78, 5) is 6.88. The highest BCUT2D eigenvalue weighted by molar-refractivity contribution is 9.10. The summed E-state index contributed by atoms with van der Waals surface area (Å²) in [6.45, 7) is 7.89. The van der Waals surface area contributed by atoms with Gasteiger partial charge in [0.1, 0.15) is 0 Å². The predicted molar refractivity (Wildman–Crippen MR) is 69.1 cm³/mol. The van der Waals surface area contributed by atoms with Gasteiger partial charge in [0.2, 0.25) is 0 Å². The third kappa shape index (κ3) is 2.55. The first-order chi connectivity index (χ1) is 7.68. The maximum atomic E-state index is 5.38. The Balaban J connectivity index is 2.32. The molecule has 3 nitrogen and oxygen atoms in total. The molecule has 2 heterocycles. The van der Waals surface area contributed by atoms with E-state index >= 15 is 0 Å². The minimum Gasteiger partial charge on any atom is -0.378 e. The quantitative estimate of drug-likeness (QED) is 0.835. The molecule has 4 heteroatoms. The van der Waals surface area contributed by atoms with Crippen LogP contribution in [0.5, 0.6) is 0 Å². The normalized spacial score (nSPS) is 16.9. The van der Waals surface area contributed by atoms with Gasteiger partial charge in [-0.15, -0.1) is 0 Å². The highest BCUT2D eigenvalue weighted by Crippen LogP contribution is 2.28. The third-order valence-corrected chi connectivity index (χ3v) is 3.20. The van der Waals surface area contributed by atoms with Crippen LogP contribution in [0.3, 0.4) is 0 Å². The van der Waals surface area contributed by atoms with Crippen molar-refractivity contribution in [3.8, 4) is 0 Å². The average Bonchev–Trinajstić information content (AvgIpc) is 2.29. The Morgan fingerprint density at radius 1 is 1.38 bits per heavy atom. The van der Waals surface area contributed by atoms with Crippen LogP contribution in [-0.4, -0.2) is 31.3 Å². The summed E-state index contributed by atoms with van der Waals surface area (Å²) >= 11 is 3.49. The molecule has 0 amide bonds. The van der Waals surface area contributed by atoms with Crippen LogP contribution in [0, 0.1) is 0 Å². The molecule has 0 N–H and O–H groups in total. The molecule has 0 spiro atoms. The lowest BCUT2D eigenvalue weighted by Gasteiger charge is -2.31. The molecule has 0 atom stereocenters. The second-order valence-electron chi connectivity index (χ2n) is 4.31. The van der Waals surface area contributed by atoms with Gasteiger partial charge in [0, 0.05) is 23.8 Å². The first-order valence-corrected chi connectivity index (χ1v) is 6.46. The number of hydrogen-bond donors (Lipinski definition) is 0. The molecule has 0 bridgehead atoms. The molecule has 1 saturated heterocycles. The number of ether oxygens (including phenoxy) is 1. The molecule has 1 aromatic heterocycles. The van der Waals surface area contributed by atoms with Gasteiger partial charge in [0.05, 0.1) is 24.6 Å². The molecule has 2 rings (SSSR count). The van der Waals surface area contributed by atoms with Gasteiger partial charge in [-0.2, -0.15) is 0 Å². The van der Waals surface area contributed by atoms with Gasteiger partial charge in [0.25, 0.3) is 0 Å². The number of halogens is 1. The Morgan fingerprint density at radius 3 is 2.69 bits per heavy atom. The van der Waals surface area contributed by atoms with Crippen LogP contribution < -0.4 is 4.90 Å². The SMILES string of the molecule is CC(C)c1ncc(Br)cc1N1CCOCC1. The number of anilines is 1. The maximum Gasteiger partial charge on any atom is 0.0662 e. The molecule has 0 radical (unpaired) electrons.